The van der Waals surface area contributed by atoms with Gasteiger partial charge in [-0.25, -0.2) is 8.78 Å². The highest BCUT2D eigenvalue weighted by atomic mass is 19.2. The van der Waals surface area contributed by atoms with Crippen LogP contribution in [0.15, 0.2) is 23.7 Å². The first-order chi connectivity index (χ1) is 4.51. The summed E-state index contributed by atoms with van der Waals surface area (Å²) in [6, 6.07) is 0. The standard InChI is InChI=1S/C6H6F2O2/c7-4-3-6(8,10)2-1-5(4)9/h1-2,9-10H,3H2. The van der Waals surface area contributed by atoms with Gasteiger partial charge in [0.25, 0.3) is 0 Å². The molecule has 10 heavy (non-hydrogen) atoms. The van der Waals surface area contributed by atoms with Crippen molar-refractivity contribution in [1.82, 2.24) is 0 Å². The molecule has 4 heteroatoms. The third-order valence-corrected chi connectivity index (χ3v) is 1.18. The van der Waals surface area contributed by atoms with Crippen molar-refractivity contribution in [1.29, 1.82) is 0 Å². The van der Waals surface area contributed by atoms with Crippen molar-refractivity contribution in [3.05, 3.63) is 23.7 Å². The Morgan fingerprint density at radius 1 is 1.60 bits per heavy atom. The Kier molecular flexibility index (Phi) is 1.48. The van der Waals surface area contributed by atoms with Gasteiger partial charge < -0.3 is 10.2 Å². The van der Waals surface area contributed by atoms with Crippen LogP contribution in [0.1, 0.15) is 6.42 Å². The lowest BCUT2D eigenvalue weighted by atomic mass is 10.1. The van der Waals surface area contributed by atoms with Gasteiger partial charge in [0.2, 0.25) is 5.85 Å². The van der Waals surface area contributed by atoms with E-state index in [2.05, 4.69) is 0 Å². The van der Waals surface area contributed by atoms with Crippen molar-refractivity contribution >= 4 is 0 Å². The smallest absolute Gasteiger partial charge is 0.232 e. The van der Waals surface area contributed by atoms with E-state index in [0.29, 0.717) is 6.08 Å². The van der Waals surface area contributed by atoms with Gasteiger partial charge in [0.15, 0.2) is 0 Å². The predicted octanol–water partition coefficient (Wildman–Crippen LogP) is 1.34. The number of alkyl halides is 1. The number of allylic oxidation sites excluding steroid dienone is 1. The maximum Gasteiger partial charge on any atom is 0.232 e. The molecule has 0 aromatic rings. The minimum absolute atomic E-state index is 0.623. The molecule has 0 aliphatic heterocycles. The van der Waals surface area contributed by atoms with Gasteiger partial charge in [-0.2, -0.15) is 0 Å². The molecule has 1 rings (SSSR count). The molecular formula is C6H6F2O2. The van der Waals surface area contributed by atoms with Crippen molar-refractivity contribution in [2.45, 2.75) is 12.3 Å². The summed E-state index contributed by atoms with van der Waals surface area (Å²) in [5, 5.41) is 17.1. The van der Waals surface area contributed by atoms with Gasteiger partial charge in [-0.1, -0.05) is 0 Å². The van der Waals surface area contributed by atoms with E-state index in [4.69, 9.17) is 10.2 Å². The summed E-state index contributed by atoms with van der Waals surface area (Å²) in [6.45, 7) is 0. The average Bonchev–Trinajstić information content (AvgIpc) is 1.79. The van der Waals surface area contributed by atoms with E-state index in [0.717, 1.165) is 6.08 Å². The second-order valence-electron chi connectivity index (χ2n) is 2.12. The van der Waals surface area contributed by atoms with Gasteiger partial charge >= 0.3 is 0 Å². The fourth-order valence-corrected chi connectivity index (χ4v) is 0.664. The molecule has 56 valence electrons. The maximum atomic E-state index is 12.4. The van der Waals surface area contributed by atoms with Crippen LogP contribution in [0.25, 0.3) is 0 Å². The minimum atomic E-state index is -2.64. The van der Waals surface area contributed by atoms with Crippen LogP contribution in [0.5, 0.6) is 0 Å². The molecule has 0 heterocycles. The number of aliphatic hydroxyl groups excluding tert-OH is 1. The Morgan fingerprint density at radius 3 is 2.60 bits per heavy atom. The van der Waals surface area contributed by atoms with E-state index in [-0.39, 0.29) is 0 Å². The Labute approximate surface area is 56.1 Å². The second kappa shape index (κ2) is 2.05. The summed E-state index contributed by atoms with van der Waals surface area (Å²) in [7, 11) is 0. The molecule has 0 bridgehead atoms. The minimum Gasteiger partial charge on any atom is -0.505 e. The molecule has 2 nitrogen and oxygen atoms in total. The third kappa shape index (κ3) is 1.33. The number of hydrogen-bond acceptors (Lipinski definition) is 2. The molecule has 1 aliphatic rings. The fraction of sp³-hybridized carbons (Fsp3) is 0.333. The normalized spacial score (nSPS) is 33.1. The number of halogens is 2. The number of hydrogen-bond donors (Lipinski definition) is 2. The van der Waals surface area contributed by atoms with Crippen LogP contribution in [-0.2, 0) is 0 Å². The molecule has 1 aliphatic carbocycles. The predicted molar refractivity (Wildman–Crippen MR) is 30.6 cm³/mol. The summed E-state index contributed by atoms with van der Waals surface area (Å²) >= 11 is 0. The molecule has 0 fully saturated rings. The van der Waals surface area contributed by atoms with Gasteiger partial charge in [0.05, 0.1) is 6.42 Å². The Morgan fingerprint density at radius 2 is 2.20 bits per heavy atom. The highest BCUT2D eigenvalue weighted by molar-refractivity contribution is 5.23. The Balaban J connectivity index is 2.85. The molecule has 0 amide bonds. The van der Waals surface area contributed by atoms with Crippen molar-refractivity contribution in [2.24, 2.45) is 0 Å². The van der Waals surface area contributed by atoms with Crippen LogP contribution >= 0.6 is 0 Å². The van der Waals surface area contributed by atoms with Gasteiger partial charge in [-0.05, 0) is 12.2 Å². The van der Waals surface area contributed by atoms with Crippen LogP contribution < -0.4 is 0 Å². The first kappa shape index (κ1) is 7.21. The molecule has 0 aromatic carbocycles. The molecular weight excluding hydrogens is 142 g/mol. The molecule has 0 saturated carbocycles. The quantitative estimate of drug-likeness (QED) is 0.544. The van der Waals surface area contributed by atoms with Gasteiger partial charge in [-0.15, -0.1) is 0 Å². The summed E-state index contributed by atoms with van der Waals surface area (Å²) in [6.07, 6.45) is 0.680. The Hall–Kier alpha value is -0.900. The van der Waals surface area contributed by atoms with Crippen LogP contribution in [0.4, 0.5) is 8.78 Å². The first-order valence-corrected chi connectivity index (χ1v) is 2.69. The fourth-order valence-electron chi connectivity index (χ4n) is 0.664. The molecule has 1 unspecified atom stereocenters. The van der Waals surface area contributed by atoms with Crippen molar-refractivity contribution < 1.29 is 19.0 Å². The van der Waals surface area contributed by atoms with Gasteiger partial charge in [0.1, 0.15) is 11.6 Å². The zero-order chi connectivity index (χ0) is 7.78. The van der Waals surface area contributed by atoms with Crippen LogP contribution in [0.3, 0.4) is 0 Å². The molecule has 0 spiro atoms. The van der Waals surface area contributed by atoms with Crippen LogP contribution in [0, 0.1) is 0 Å². The lowest BCUT2D eigenvalue weighted by Crippen LogP contribution is -2.21. The van der Waals surface area contributed by atoms with Gasteiger partial charge in [0, 0.05) is 0 Å². The zero-order valence-electron chi connectivity index (χ0n) is 5.01. The summed E-state index contributed by atoms with van der Waals surface area (Å²) < 4.78 is 24.6. The maximum absolute atomic E-state index is 12.4. The first-order valence-electron chi connectivity index (χ1n) is 2.69. The average molecular weight is 148 g/mol. The topological polar surface area (TPSA) is 40.5 Å². The molecule has 1 atom stereocenters. The van der Waals surface area contributed by atoms with Crippen LogP contribution in [0.2, 0.25) is 0 Å². The van der Waals surface area contributed by atoms with E-state index in [1.807, 2.05) is 0 Å². The second-order valence-corrected chi connectivity index (χ2v) is 2.12. The SMILES string of the molecule is OC1=C(F)CC(O)(F)C=C1. The molecule has 2 N–H and O–H groups in total. The highest BCUT2D eigenvalue weighted by Crippen LogP contribution is 2.27. The lowest BCUT2D eigenvalue weighted by Gasteiger charge is -2.16. The lowest BCUT2D eigenvalue weighted by molar-refractivity contribution is -0.0467. The van der Waals surface area contributed by atoms with E-state index in [1.165, 1.54) is 0 Å². The van der Waals surface area contributed by atoms with Crippen molar-refractivity contribution in [2.75, 3.05) is 0 Å². The summed E-state index contributed by atoms with van der Waals surface area (Å²) in [5.74, 6) is -4.30. The van der Waals surface area contributed by atoms with Crippen LogP contribution in [-0.4, -0.2) is 16.1 Å². The molecule has 0 saturated heterocycles. The molecule has 0 aromatic heterocycles. The number of aliphatic hydroxyl groups is 2. The van der Waals surface area contributed by atoms with E-state index >= 15 is 0 Å². The van der Waals surface area contributed by atoms with Crippen molar-refractivity contribution in [3.8, 4) is 0 Å². The van der Waals surface area contributed by atoms with Crippen molar-refractivity contribution in [3.63, 3.8) is 0 Å². The van der Waals surface area contributed by atoms with Gasteiger partial charge in [-0.3, -0.25) is 0 Å². The number of rotatable bonds is 0. The summed E-state index contributed by atoms with van der Waals surface area (Å²) in [5.41, 5.74) is 0. The zero-order valence-corrected chi connectivity index (χ0v) is 5.01. The molecule has 0 radical (unpaired) electrons. The Bertz CT molecular complexity index is 206. The largest absolute Gasteiger partial charge is 0.505 e. The highest BCUT2D eigenvalue weighted by Gasteiger charge is 2.29. The summed E-state index contributed by atoms with van der Waals surface area (Å²) in [4.78, 5) is 0. The third-order valence-electron chi connectivity index (χ3n) is 1.18. The van der Waals surface area contributed by atoms with E-state index in [1.54, 1.807) is 0 Å². The van der Waals surface area contributed by atoms with E-state index < -0.39 is 23.9 Å². The van der Waals surface area contributed by atoms with E-state index in [9.17, 15) is 8.78 Å². The monoisotopic (exact) mass is 148 g/mol.